The molecule has 1 aromatic rings. The van der Waals surface area contributed by atoms with Gasteiger partial charge < -0.3 is 10.1 Å². The third-order valence-electron chi connectivity index (χ3n) is 3.56. The first-order valence-electron chi connectivity index (χ1n) is 7.11. The standard InChI is InChI=1S/C16H21NO3S/c1-9(2)7-13(18)17-15-14(16(19)20-4)11-6-5-10(3)8-12(11)21-15/h7,10H,5-6,8H2,1-4H3,(H,17,18)/t10-/m0/s1. The second-order valence-electron chi connectivity index (χ2n) is 5.76. The number of hydrogen-bond donors (Lipinski definition) is 1. The number of esters is 1. The molecule has 0 saturated heterocycles. The zero-order chi connectivity index (χ0) is 15.6. The normalized spacial score (nSPS) is 16.9. The maximum absolute atomic E-state index is 12.1. The van der Waals surface area contributed by atoms with Crippen molar-refractivity contribution in [1.82, 2.24) is 0 Å². The lowest BCUT2D eigenvalue weighted by Crippen LogP contribution is -2.15. The van der Waals surface area contributed by atoms with Gasteiger partial charge in [0.1, 0.15) is 5.00 Å². The summed E-state index contributed by atoms with van der Waals surface area (Å²) in [5.74, 6) is 0.0457. The molecule has 21 heavy (non-hydrogen) atoms. The Bertz CT molecular complexity index is 597. The van der Waals surface area contributed by atoms with Crippen molar-refractivity contribution >= 4 is 28.2 Å². The molecule has 1 heterocycles. The van der Waals surface area contributed by atoms with Gasteiger partial charge in [0.25, 0.3) is 0 Å². The Kier molecular flexibility index (Phi) is 4.83. The van der Waals surface area contributed by atoms with E-state index in [0.717, 1.165) is 30.4 Å². The van der Waals surface area contributed by atoms with Crippen LogP contribution in [0.1, 0.15) is 48.0 Å². The van der Waals surface area contributed by atoms with E-state index in [1.54, 1.807) is 0 Å². The molecule has 114 valence electrons. The number of carbonyl (C=O) groups is 2. The van der Waals surface area contributed by atoms with E-state index in [1.807, 2.05) is 13.8 Å². The Balaban J connectivity index is 2.38. The molecule has 1 N–H and O–H groups in total. The van der Waals surface area contributed by atoms with Gasteiger partial charge in [-0.15, -0.1) is 11.3 Å². The van der Waals surface area contributed by atoms with Crippen LogP contribution in [0.15, 0.2) is 11.6 Å². The summed E-state index contributed by atoms with van der Waals surface area (Å²) in [4.78, 5) is 25.2. The summed E-state index contributed by atoms with van der Waals surface area (Å²) in [5.41, 5.74) is 2.51. The fourth-order valence-electron chi connectivity index (χ4n) is 2.57. The Hall–Kier alpha value is -1.62. The van der Waals surface area contributed by atoms with Crippen LogP contribution in [0, 0.1) is 5.92 Å². The van der Waals surface area contributed by atoms with E-state index in [2.05, 4.69) is 12.2 Å². The number of nitrogens with one attached hydrogen (secondary N) is 1. The van der Waals surface area contributed by atoms with E-state index in [9.17, 15) is 9.59 Å². The molecule has 1 aliphatic rings. The molecule has 4 nitrogen and oxygen atoms in total. The molecule has 5 heteroatoms. The molecule has 0 aromatic carbocycles. The fraction of sp³-hybridized carbons (Fsp3) is 0.500. The highest BCUT2D eigenvalue weighted by Crippen LogP contribution is 2.40. The summed E-state index contributed by atoms with van der Waals surface area (Å²) in [6, 6.07) is 0. The second-order valence-corrected chi connectivity index (χ2v) is 6.86. The summed E-state index contributed by atoms with van der Waals surface area (Å²) in [7, 11) is 1.37. The van der Waals surface area contributed by atoms with Crippen molar-refractivity contribution in [3.8, 4) is 0 Å². The van der Waals surface area contributed by atoms with Gasteiger partial charge in [-0.2, -0.15) is 0 Å². The van der Waals surface area contributed by atoms with Crippen molar-refractivity contribution in [3.63, 3.8) is 0 Å². The van der Waals surface area contributed by atoms with Crippen molar-refractivity contribution in [3.05, 3.63) is 27.7 Å². The first-order chi connectivity index (χ1) is 9.92. The van der Waals surface area contributed by atoms with Gasteiger partial charge in [0.15, 0.2) is 0 Å². The zero-order valence-corrected chi connectivity index (χ0v) is 13.7. The van der Waals surface area contributed by atoms with Gasteiger partial charge in [-0.05, 0) is 44.6 Å². The number of carbonyl (C=O) groups excluding carboxylic acids is 2. The number of anilines is 1. The SMILES string of the molecule is COC(=O)c1c(NC(=O)C=C(C)C)sc2c1CC[C@H](C)C2. The highest BCUT2D eigenvalue weighted by atomic mass is 32.1. The van der Waals surface area contributed by atoms with E-state index in [4.69, 9.17) is 4.74 Å². The number of amides is 1. The van der Waals surface area contributed by atoms with Crippen molar-refractivity contribution in [2.24, 2.45) is 5.92 Å². The highest BCUT2D eigenvalue weighted by molar-refractivity contribution is 7.17. The minimum absolute atomic E-state index is 0.202. The molecule has 2 rings (SSSR count). The minimum Gasteiger partial charge on any atom is -0.465 e. The first-order valence-corrected chi connectivity index (χ1v) is 7.92. The number of allylic oxidation sites excluding steroid dienone is 1. The number of hydrogen-bond acceptors (Lipinski definition) is 4. The average Bonchev–Trinajstić information content (AvgIpc) is 2.73. The maximum atomic E-state index is 12.1. The lowest BCUT2D eigenvalue weighted by molar-refractivity contribution is -0.111. The molecule has 0 fully saturated rings. The third kappa shape index (κ3) is 3.53. The highest BCUT2D eigenvalue weighted by Gasteiger charge is 2.28. The molecule has 0 aliphatic heterocycles. The van der Waals surface area contributed by atoms with E-state index >= 15 is 0 Å². The Morgan fingerprint density at radius 1 is 1.38 bits per heavy atom. The van der Waals surface area contributed by atoms with Crippen LogP contribution in [0.5, 0.6) is 0 Å². The van der Waals surface area contributed by atoms with Crippen LogP contribution in [0.25, 0.3) is 0 Å². The van der Waals surface area contributed by atoms with E-state index < -0.39 is 0 Å². The van der Waals surface area contributed by atoms with Crippen LogP contribution in [-0.2, 0) is 22.4 Å². The molecule has 1 aliphatic carbocycles. The van der Waals surface area contributed by atoms with E-state index in [1.165, 1.54) is 29.4 Å². The summed E-state index contributed by atoms with van der Waals surface area (Å²) >= 11 is 1.50. The van der Waals surface area contributed by atoms with Gasteiger partial charge in [0.2, 0.25) is 5.91 Å². The molecular weight excluding hydrogens is 286 g/mol. The molecule has 1 aromatic heterocycles. The van der Waals surface area contributed by atoms with Crippen LogP contribution < -0.4 is 5.32 Å². The van der Waals surface area contributed by atoms with Gasteiger partial charge in [-0.1, -0.05) is 12.5 Å². The van der Waals surface area contributed by atoms with Gasteiger partial charge >= 0.3 is 5.97 Å². The van der Waals surface area contributed by atoms with Gasteiger partial charge in [0, 0.05) is 11.0 Å². The van der Waals surface area contributed by atoms with Gasteiger partial charge in [0.05, 0.1) is 12.7 Å². The summed E-state index contributed by atoms with van der Waals surface area (Å²) < 4.78 is 4.89. The quantitative estimate of drug-likeness (QED) is 0.686. The van der Waals surface area contributed by atoms with Gasteiger partial charge in [-0.3, -0.25) is 4.79 Å². The smallest absolute Gasteiger partial charge is 0.341 e. The molecule has 1 amide bonds. The molecule has 0 bridgehead atoms. The van der Waals surface area contributed by atoms with E-state index in [-0.39, 0.29) is 11.9 Å². The van der Waals surface area contributed by atoms with Crippen LogP contribution >= 0.6 is 11.3 Å². The number of fused-ring (bicyclic) bond motifs is 1. The third-order valence-corrected chi connectivity index (χ3v) is 4.73. The molecule has 1 atom stereocenters. The number of ether oxygens (including phenoxy) is 1. The minimum atomic E-state index is -0.366. The van der Waals surface area contributed by atoms with E-state index in [0.29, 0.717) is 16.5 Å². The Morgan fingerprint density at radius 3 is 2.71 bits per heavy atom. The molecular formula is C16H21NO3S. The van der Waals surface area contributed by atoms with Crippen LogP contribution in [0.3, 0.4) is 0 Å². The molecule has 0 spiro atoms. The summed E-state index contributed by atoms with van der Waals surface area (Å²) in [5, 5.41) is 3.45. The number of methoxy groups -OCH3 is 1. The van der Waals surface area contributed by atoms with Crippen molar-refractivity contribution < 1.29 is 14.3 Å². The lowest BCUT2D eigenvalue weighted by atomic mass is 9.88. The number of rotatable bonds is 3. The van der Waals surface area contributed by atoms with Crippen molar-refractivity contribution in [1.29, 1.82) is 0 Å². The Morgan fingerprint density at radius 2 is 2.10 bits per heavy atom. The van der Waals surface area contributed by atoms with Crippen molar-refractivity contribution in [2.75, 3.05) is 12.4 Å². The monoisotopic (exact) mass is 307 g/mol. The largest absolute Gasteiger partial charge is 0.465 e. The lowest BCUT2D eigenvalue weighted by Gasteiger charge is -2.18. The summed E-state index contributed by atoms with van der Waals surface area (Å²) in [6.07, 6.45) is 4.43. The fourth-order valence-corrected chi connectivity index (χ4v) is 3.97. The summed E-state index contributed by atoms with van der Waals surface area (Å²) in [6.45, 7) is 5.94. The molecule has 0 radical (unpaired) electrons. The van der Waals surface area contributed by atoms with Crippen LogP contribution in [0.2, 0.25) is 0 Å². The predicted octanol–water partition coefficient (Wildman–Crippen LogP) is 3.56. The molecule has 0 unspecified atom stereocenters. The maximum Gasteiger partial charge on any atom is 0.341 e. The van der Waals surface area contributed by atoms with Crippen molar-refractivity contribution in [2.45, 2.75) is 40.0 Å². The van der Waals surface area contributed by atoms with Gasteiger partial charge in [-0.25, -0.2) is 4.79 Å². The second kappa shape index (κ2) is 6.43. The van der Waals surface area contributed by atoms with Crippen LogP contribution in [0.4, 0.5) is 5.00 Å². The zero-order valence-electron chi connectivity index (χ0n) is 12.9. The average molecular weight is 307 g/mol. The van der Waals surface area contributed by atoms with Crippen LogP contribution in [-0.4, -0.2) is 19.0 Å². The topological polar surface area (TPSA) is 55.4 Å². The first kappa shape index (κ1) is 15.8. The Labute approximate surface area is 129 Å². The number of thiophene rings is 1. The molecule has 0 saturated carbocycles. The predicted molar refractivity (Wildman–Crippen MR) is 84.9 cm³/mol.